The first-order valence-electron chi connectivity index (χ1n) is 5.90. The molecule has 0 atom stereocenters. The zero-order chi connectivity index (χ0) is 11.5. The number of nitrogens with one attached hydrogen (secondary N) is 1. The molecule has 90 valence electrons. The van der Waals surface area contributed by atoms with Crippen LogP contribution in [0.5, 0.6) is 5.75 Å². The average molecular weight is 223 g/mol. The predicted octanol–water partition coefficient (Wildman–Crippen LogP) is 2.08. The Morgan fingerprint density at radius 3 is 2.62 bits per heavy atom. The van der Waals surface area contributed by atoms with Gasteiger partial charge < -0.3 is 14.8 Å². The highest BCUT2D eigenvalue weighted by Crippen LogP contribution is 2.07. The number of benzene rings is 1. The molecule has 1 rings (SSSR count). The molecule has 3 nitrogen and oxygen atoms in total. The molecular weight excluding hydrogens is 202 g/mol. The summed E-state index contributed by atoms with van der Waals surface area (Å²) in [5.74, 6) is 0.902. The van der Waals surface area contributed by atoms with E-state index in [1.807, 2.05) is 30.3 Å². The lowest BCUT2D eigenvalue weighted by Crippen LogP contribution is -2.16. The maximum atomic E-state index is 5.49. The molecule has 0 aliphatic heterocycles. The number of hydrogen-bond acceptors (Lipinski definition) is 3. The number of hydrogen-bond donors (Lipinski definition) is 1. The highest BCUT2D eigenvalue weighted by Gasteiger charge is 1.92. The number of ether oxygens (including phenoxy) is 2. The monoisotopic (exact) mass is 223 g/mol. The van der Waals surface area contributed by atoms with Gasteiger partial charge in [-0.05, 0) is 31.6 Å². The third-order valence-corrected chi connectivity index (χ3v) is 2.13. The van der Waals surface area contributed by atoms with Gasteiger partial charge in [0.05, 0.1) is 6.61 Å². The van der Waals surface area contributed by atoms with Crippen molar-refractivity contribution in [2.24, 2.45) is 0 Å². The third kappa shape index (κ3) is 6.43. The molecule has 0 saturated heterocycles. The molecule has 0 amide bonds. The molecule has 1 N–H and O–H groups in total. The van der Waals surface area contributed by atoms with E-state index in [4.69, 9.17) is 9.47 Å². The zero-order valence-electron chi connectivity index (χ0n) is 9.95. The lowest BCUT2D eigenvalue weighted by Gasteiger charge is -2.07. The second kappa shape index (κ2) is 9.19. The Morgan fingerprint density at radius 1 is 1.06 bits per heavy atom. The quantitative estimate of drug-likeness (QED) is 0.650. The zero-order valence-corrected chi connectivity index (χ0v) is 9.95. The first-order valence-corrected chi connectivity index (χ1v) is 5.90. The van der Waals surface area contributed by atoms with Crippen LogP contribution in [0.15, 0.2) is 30.3 Å². The molecule has 1 aromatic carbocycles. The SMILES string of the molecule is CCNCCCOCCOc1ccccc1. The van der Waals surface area contributed by atoms with Gasteiger partial charge in [0, 0.05) is 6.61 Å². The summed E-state index contributed by atoms with van der Waals surface area (Å²) in [5, 5.41) is 3.25. The van der Waals surface area contributed by atoms with Crippen molar-refractivity contribution in [3.63, 3.8) is 0 Å². The molecule has 0 unspecified atom stereocenters. The Labute approximate surface area is 97.8 Å². The highest BCUT2D eigenvalue weighted by molar-refractivity contribution is 5.20. The van der Waals surface area contributed by atoms with Crippen LogP contribution in [0.4, 0.5) is 0 Å². The second-order valence-corrected chi connectivity index (χ2v) is 3.48. The van der Waals surface area contributed by atoms with Gasteiger partial charge in [-0.25, -0.2) is 0 Å². The van der Waals surface area contributed by atoms with Crippen molar-refractivity contribution in [3.05, 3.63) is 30.3 Å². The van der Waals surface area contributed by atoms with Gasteiger partial charge in [-0.2, -0.15) is 0 Å². The molecule has 3 heteroatoms. The fourth-order valence-corrected chi connectivity index (χ4v) is 1.31. The van der Waals surface area contributed by atoms with Gasteiger partial charge in [-0.15, -0.1) is 0 Å². The molecule has 0 radical (unpaired) electrons. The van der Waals surface area contributed by atoms with E-state index in [-0.39, 0.29) is 0 Å². The van der Waals surface area contributed by atoms with Gasteiger partial charge >= 0.3 is 0 Å². The van der Waals surface area contributed by atoms with Crippen LogP contribution in [0, 0.1) is 0 Å². The summed E-state index contributed by atoms with van der Waals surface area (Å²) < 4.78 is 10.9. The Hall–Kier alpha value is -1.06. The van der Waals surface area contributed by atoms with E-state index >= 15 is 0 Å². The van der Waals surface area contributed by atoms with E-state index in [9.17, 15) is 0 Å². The molecule has 0 aromatic heterocycles. The Kier molecular flexibility index (Phi) is 7.47. The molecule has 0 heterocycles. The summed E-state index contributed by atoms with van der Waals surface area (Å²) in [6.07, 6.45) is 1.05. The topological polar surface area (TPSA) is 30.5 Å². The normalized spacial score (nSPS) is 10.3. The van der Waals surface area contributed by atoms with E-state index in [1.165, 1.54) is 0 Å². The first kappa shape index (κ1) is 13.0. The van der Waals surface area contributed by atoms with E-state index < -0.39 is 0 Å². The fourth-order valence-electron chi connectivity index (χ4n) is 1.31. The minimum atomic E-state index is 0.616. The highest BCUT2D eigenvalue weighted by atomic mass is 16.5. The van der Waals surface area contributed by atoms with Crippen molar-refractivity contribution in [1.29, 1.82) is 0 Å². The second-order valence-electron chi connectivity index (χ2n) is 3.48. The number of para-hydroxylation sites is 1. The molecule has 1 aromatic rings. The van der Waals surface area contributed by atoms with Crippen LogP contribution >= 0.6 is 0 Å². The maximum Gasteiger partial charge on any atom is 0.119 e. The van der Waals surface area contributed by atoms with Gasteiger partial charge in [-0.3, -0.25) is 0 Å². The molecular formula is C13H21NO2. The van der Waals surface area contributed by atoms with E-state index in [1.54, 1.807) is 0 Å². The largest absolute Gasteiger partial charge is 0.491 e. The third-order valence-electron chi connectivity index (χ3n) is 2.13. The Bertz CT molecular complexity index is 251. The van der Waals surface area contributed by atoms with Crippen molar-refractivity contribution in [2.75, 3.05) is 32.9 Å². The lowest BCUT2D eigenvalue weighted by atomic mass is 10.3. The molecule has 0 saturated carbocycles. The summed E-state index contributed by atoms with van der Waals surface area (Å²) >= 11 is 0. The average Bonchev–Trinajstić information content (AvgIpc) is 2.34. The minimum absolute atomic E-state index is 0.616. The van der Waals surface area contributed by atoms with Gasteiger partial charge in [0.15, 0.2) is 0 Å². The van der Waals surface area contributed by atoms with Crippen LogP contribution < -0.4 is 10.1 Å². The molecule has 0 aliphatic rings. The van der Waals surface area contributed by atoms with E-state index in [0.29, 0.717) is 13.2 Å². The standard InChI is InChI=1S/C13H21NO2/c1-2-14-9-6-10-15-11-12-16-13-7-4-3-5-8-13/h3-5,7-8,14H,2,6,9-12H2,1H3. The maximum absolute atomic E-state index is 5.49. The van der Waals surface area contributed by atoms with Crippen LogP contribution in [0.3, 0.4) is 0 Å². The predicted molar refractivity (Wildman–Crippen MR) is 65.9 cm³/mol. The van der Waals surface area contributed by atoms with Crippen LogP contribution in [0.1, 0.15) is 13.3 Å². The first-order chi connectivity index (χ1) is 7.93. The van der Waals surface area contributed by atoms with Gasteiger partial charge in [0.25, 0.3) is 0 Å². The molecule has 0 bridgehead atoms. The van der Waals surface area contributed by atoms with Crippen molar-refractivity contribution >= 4 is 0 Å². The van der Waals surface area contributed by atoms with Crippen molar-refractivity contribution in [1.82, 2.24) is 5.32 Å². The van der Waals surface area contributed by atoms with Crippen LogP contribution in [-0.4, -0.2) is 32.9 Å². The molecule has 0 fully saturated rings. The smallest absolute Gasteiger partial charge is 0.119 e. The van der Waals surface area contributed by atoms with Gasteiger partial charge in [0.2, 0.25) is 0 Å². The Balaban J connectivity index is 1.89. The molecule has 0 aliphatic carbocycles. The van der Waals surface area contributed by atoms with E-state index in [2.05, 4.69) is 12.2 Å². The summed E-state index contributed by atoms with van der Waals surface area (Å²) in [6.45, 7) is 6.22. The van der Waals surface area contributed by atoms with Gasteiger partial charge in [0.1, 0.15) is 12.4 Å². The van der Waals surface area contributed by atoms with Gasteiger partial charge in [-0.1, -0.05) is 25.1 Å². The van der Waals surface area contributed by atoms with Crippen LogP contribution in [-0.2, 0) is 4.74 Å². The van der Waals surface area contributed by atoms with Crippen LogP contribution in [0.2, 0.25) is 0 Å². The molecule has 0 spiro atoms. The van der Waals surface area contributed by atoms with E-state index in [0.717, 1.165) is 31.9 Å². The van der Waals surface area contributed by atoms with Crippen LogP contribution in [0.25, 0.3) is 0 Å². The van der Waals surface area contributed by atoms with Crippen molar-refractivity contribution < 1.29 is 9.47 Å². The summed E-state index contributed by atoms with van der Waals surface area (Å²) in [5.41, 5.74) is 0. The van der Waals surface area contributed by atoms with Crippen molar-refractivity contribution in [2.45, 2.75) is 13.3 Å². The molecule has 16 heavy (non-hydrogen) atoms. The van der Waals surface area contributed by atoms with Crippen molar-refractivity contribution in [3.8, 4) is 5.75 Å². The minimum Gasteiger partial charge on any atom is -0.491 e. The number of rotatable bonds is 9. The fraction of sp³-hybridized carbons (Fsp3) is 0.538. The summed E-state index contributed by atoms with van der Waals surface area (Å²) in [6, 6.07) is 9.81. The summed E-state index contributed by atoms with van der Waals surface area (Å²) in [7, 11) is 0. The summed E-state index contributed by atoms with van der Waals surface area (Å²) in [4.78, 5) is 0. The lowest BCUT2D eigenvalue weighted by molar-refractivity contribution is 0.0984. The Morgan fingerprint density at radius 2 is 1.88 bits per heavy atom.